The molecule has 0 radical (unpaired) electrons. The molecule has 0 saturated carbocycles. The summed E-state index contributed by atoms with van der Waals surface area (Å²) in [7, 11) is 1.53. The van der Waals surface area contributed by atoms with Gasteiger partial charge in [-0.1, -0.05) is 0 Å². The predicted octanol–water partition coefficient (Wildman–Crippen LogP) is -0.625. The molecule has 0 aliphatic carbocycles. The topological polar surface area (TPSA) is 93.5 Å². The highest BCUT2D eigenvalue weighted by molar-refractivity contribution is 7.89. The van der Waals surface area contributed by atoms with Crippen LogP contribution in [0.3, 0.4) is 0 Å². The van der Waals surface area contributed by atoms with Crippen molar-refractivity contribution in [2.45, 2.75) is 18.9 Å². The van der Waals surface area contributed by atoms with Crippen LogP contribution < -0.4 is 5.32 Å². The third-order valence-corrected chi connectivity index (χ3v) is 6.02. The summed E-state index contributed by atoms with van der Waals surface area (Å²) in [4.78, 5) is 12.1. The van der Waals surface area contributed by atoms with Crippen molar-refractivity contribution in [3.8, 4) is 0 Å². The molecule has 1 fully saturated rings. The number of aryl methyl sites for hydroxylation is 2. The monoisotopic (exact) mass is 344 g/mol. The minimum absolute atomic E-state index is 0.0212. The fourth-order valence-electron chi connectivity index (χ4n) is 2.51. The van der Waals surface area contributed by atoms with Crippen LogP contribution in [-0.2, 0) is 33.0 Å². The van der Waals surface area contributed by atoms with Gasteiger partial charge in [-0.3, -0.25) is 9.48 Å². The quantitative estimate of drug-likeness (QED) is 0.711. The number of carbonyl (C=O) groups is 1. The molecule has 2 atom stereocenters. The number of nitrogens with one attached hydrogen (secondary N) is 1. The first-order valence-corrected chi connectivity index (χ1v) is 9.14. The highest BCUT2D eigenvalue weighted by Crippen LogP contribution is 2.17. The zero-order valence-electron chi connectivity index (χ0n) is 13.7. The van der Waals surface area contributed by atoms with Gasteiger partial charge in [0, 0.05) is 45.4 Å². The number of aromatic nitrogens is 2. The highest BCUT2D eigenvalue weighted by atomic mass is 32.2. The highest BCUT2D eigenvalue weighted by Gasteiger charge is 2.34. The second-order valence-corrected chi connectivity index (χ2v) is 8.21. The number of hydrogen-bond acceptors (Lipinski definition) is 5. The maximum absolute atomic E-state index is 12.1. The Morgan fingerprint density at radius 1 is 1.48 bits per heavy atom. The molecular weight excluding hydrogens is 320 g/mol. The van der Waals surface area contributed by atoms with Crippen molar-refractivity contribution in [2.24, 2.45) is 13.0 Å². The number of nitrogens with zero attached hydrogens (tertiary/aromatic N) is 3. The third kappa shape index (κ3) is 4.76. The maximum Gasteiger partial charge on any atom is 0.220 e. The van der Waals surface area contributed by atoms with Gasteiger partial charge in [-0.25, -0.2) is 12.7 Å². The summed E-state index contributed by atoms with van der Waals surface area (Å²) in [6.07, 6.45) is 2.62. The van der Waals surface area contributed by atoms with Gasteiger partial charge in [-0.2, -0.15) is 5.10 Å². The zero-order chi connectivity index (χ0) is 17.0. The van der Waals surface area contributed by atoms with Crippen LogP contribution in [0.5, 0.6) is 0 Å². The summed E-state index contributed by atoms with van der Waals surface area (Å²) in [5.74, 6) is -0.343. The van der Waals surface area contributed by atoms with Crippen molar-refractivity contribution in [2.75, 3.05) is 33.1 Å². The first-order valence-electron chi connectivity index (χ1n) is 7.54. The summed E-state index contributed by atoms with van der Waals surface area (Å²) in [5, 5.41) is 6.96. The van der Waals surface area contributed by atoms with Crippen LogP contribution >= 0.6 is 0 Å². The molecule has 1 amide bonds. The van der Waals surface area contributed by atoms with Crippen molar-refractivity contribution >= 4 is 15.9 Å². The van der Waals surface area contributed by atoms with Gasteiger partial charge in [-0.15, -0.1) is 0 Å². The van der Waals surface area contributed by atoms with E-state index in [2.05, 4.69) is 10.4 Å². The van der Waals surface area contributed by atoms with E-state index < -0.39 is 10.0 Å². The number of ether oxygens (including phenoxy) is 1. The Bertz CT molecular complexity index is 641. The molecule has 0 aromatic carbocycles. The molecule has 0 spiro atoms. The second-order valence-electron chi connectivity index (χ2n) is 5.98. The van der Waals surface area contributed by atoms with Crippen molar-refractivity contribution in [1.29, 1.82) is 0 Å². The lowest BCUT2D eigenvalue weighted by Crippen LogP contribution is -2.43. The molecule has 0 bridgehead atoms. The zero-order valence-corrected chi connectivity index (χ0v) is 14.5. The van der Waals surface area contributed by atoms with E-state index in [1.807, 2.05) is 13.1 Å². The molecule has 1 N–H and O–H groups in total. The van der Waals surface area contributed by atoms with Crippen LogP contribution in [0, 0.1) is 5.92 Å². The smallest absolute Gasteiger partial charge is 0.220 e. The lowest BCUT2D eigenvalue weighted by atomic mass is 10.1. The molecule has 1 aliphatic heterocycles. The fourth-order valence-corrected chi connectivity index (χ4v) is 3.68. The molecular formula is C14H24N4O4S. The molecule has 1 aliphatic rings. The lowest BCUT2D eigenvalue weighted by Gasteiger charge is -2.21. The van der Waals surface area contributed by atoms with E-state index in [0.29, 0.717) is 26.1 Å². The lowest BCUT2D eigenvalue weighted by molar-refractivity contribution is -0.122. The van der Waals surface area contributed by atoms with Gasteiger partial charge >= 0.3 is 0 Å². The summed E-state index contributed by atoms with van der Waals surface area (Å²) < 4.78 is 32.3. The van der Waals surface area contributed by atoms with Gasteiger partial charge < -0.3 is 10.1 Å². The largest absolute Gasteiger partial charge is 0.379 e. The van der Waals surface area contributed by atoms with Crippen molar-refractivity contribution in [3.05, 3.63) is 18.0 Å². The SMILES string of the molecule is CN(C)S(=O)(=O)C[C@@H]1COC[C@@H]1NC(=O)CCc1ccnn1C. The van der Waals surface area contributed by atoms with E-state index in [-0.39, 0.29) is 23.6 Å². The Labute approximate surface area is 136 Å². The second kappa shape index (κ2) is 7.41. The average Bonchev–Trinajstić information content (AvgIpc) is 3.06. The number of rotatable bonds is 7. The molecule has 23 heavy (non-hydrogen) atoms. The van der Waals surface area contributed by atoms with Gasteiger partial charge in [0.25, 0.3) is 0 Å². The van der Waals surface area contributed by atoms with Gasteiger partial charge in [0.2, 0.25) is 15.9 Å². The van der Waals surface area contributed by atoms with Gasteiger partial charge in [-0.05, 0) is 12.5 Å². The Morgan fingerprint density at radius 3 is 2.83 bits per heavy atom. The van der Waals surface area contributed by atoms with Crippen molar-refractivity contribution < 1.29 is 17.9 Å². The van der Waals surface area contributed by atoms with Crippen LogP contribution in [0.2, 0.25) is 0 Å². The first kappa shape index (κ1) is 17.9. The van der Waals surface area contributed by atoms with E-state index >= 15 is 0 Å². The van der Waals surface area contributed by atoms with E-state index in [0.717, 1.165) is 5.69 Å². The van der Waals surface area contributed by atoms with Gasteiger partial charge in [0.05, 0.1) is 25.0 Å². The number of amides is 1. The van der Waals surface area contributed by atoms with E-state index in [1.54, 1.807) is 10.9 Å². The summed E-state index contributed by atoms with van der Waals surface area (Å²) >= 11 is 0. The fraction of sp³-hybridized carbons (Fsp3) is 0.714. The van der Waals surface area contributed by atoms with Gasteiger partial charge in [0.15, 0.2) is 0 Å². The minimum Gasteiger partial charge on any atom is -0.379 e. The molecule has 9 heteroatoms. The number of hydrogen-bond donors (Lipinski definition) is 1. The van der Waals surface area contributed by atoms with Crippen LogP contribution in [0.25, 0.3) is 0 Å². The maximum atomic E-state index is 12.1. The third-order valence-electron chi connectivity index (χ3n) is 4.06. The molecule has 2 rings (SSSR count). The average molecular weight is 344 g/mol. The van der Waals surface area contributed by atoms with E-state index in [4.69, 9.17) is 4.74 Å². The Kier molecular flexibility index (Phi) is 5.77. The molecule has 8 nitrogen and oxygen atoms in total. The standard InChI is InChI=1S/C14H24N4O4S/c1-17(2)23(20,21)10-11-8-22-9-13(11)16-14(19)5-4-12-6-7-15-18(12)3/h6-7,11,13H,4-5,8-10H2,1-3H3,(H,16,19)/t11-,13-/m0/s1. The molecule has 1 aromatic rings. The van der Waals surface area contributed by atoms with Crippen LogP contribution in [0.1, 0.15) is 12.1 Å². The van der Waals surface area contributed by atoms with Crippen LogP contribution in [0.15, 0.2) is 12.3 Å². The number of carbonyl (C=O) groups excluding carboxylic acids is 1. The molecule has 1 aromatic heterocycles. The molecule has 1 saturated heterocycles. The summed E-state index contributed by atoms with van der Waals surface area (Å²) in [6.45, 7) is 0.699. The molecule has 2 heterocycles. The van der Waals surface area contributed by atoms with E-state index in [1.165, 1.54) is 18.4 Å². The summed E-state index contributed by atoms with van der Waals surface area (Å²) in [6, 6.07) is 1.61. The predicted molar refractivity (Wildman–Crippen MR) is 85.2 cm³/mol. The van der Waals surface area contributed by atoms with Crippen molar-refractivity contribution in [3.63, 3.8) is 0 Å². The normalized spacial score (nSPS) is 21.7. The first-order chi connectivity index (χ1) is 10.8. The van der Waals surface area contributed by atoms with Gasteiger partial charge in [0.1, 0.15) is 0 Å². The summed E-state index contributed by atoms with van der Waals surface area (Å²) in [5.41, 5.74) is 0.981. The number of sulfonamides is 1. The van der Waals surface area contributed by atoms with Crippen LogP contribution in [-0.4, -0.2) is 67.5 Å². The van der Waals surface area contributed by atoms with Crippen molar-refractivity contribution in [1.82, 2.24) is 19.4 Å². The Balaban J connectivity index is 1.86. The van der Waals surface area contributed by atoms with E-state index in [9.17, 15) is 13.2 Å². The Morgan fingerprint density at radius 2 is 2.22 bits per heavy atom. The molecule has 0 unspecified atom stereocenters. The Hall–Kier alpha value is -1.45. The molecule has 130 valence electrons. The van der Waals surface area contributed by atoms with Crippen LogP contribution in [0.4, 0.5) is 0 Å². The minimum atomic E-state index is -3.31.